The maximum Gasteiger partial charge on any atom is 0.306 e. The van der Waals surface area contributed by atoms with Gasteiger partial charge in [0.1, 0.15) is 18.2 Å². The Hall–Kier alpha value is -3.47. The summed E-state index contributed by atoms with van der Waals surface area (Å²) in [5.41, 5.74) is 1.20. The van der Waals surface area contributed by atoms with Crippen LogP contribution in [0.4, 0.5) is 0 Å². The Morgan fingerprint density at radius 2 is 1.85 bits per heavy atom. The molecule has 3 heterocycles. The zero-order chi connectivity index (χ0) is 27.9. The van der Waals surface area contributed by atoms with Crippen LogP contribution in [-0.4, -0.2) is 78.4 Å². The SMILES string of the molecule is CN[C@@H](C)C(=O)NC1CCCCC2CCC(C(=O)NCc3cccc(C(=O)NC[C@@H]4CCC(=O)O4)c3)N2C1=O. The molecule has 0 bridgehead atoms. The molecule has 39 heavy (non-hydrogen) atoms. The van der Waals surface area contributed by atoms with E-state index in [4.69, 9.17) is 4.74 Å². The van der Waals surface area contributed by atoms with Crippen LogP contribution in [-0.2, 0) is 30.5 Å². The van der Waals surface area contributed by atoms with Gasteiger partial charge in [0.15, 0.2) is 0 Å². The number of cyclic esters (lactones) is 1. The summed E-state index contributed by atoms with van der Waals surface area (Å²) in [4.78, 5) is 64.8. The van der Waals surface area contributed by atoms with E-state index in [0.29, 0.717) is 31.2 Å². The van der Waals surface area contributed by atoms with Crippen molar-refractivity contribution in [2.45, 2.75) is 95.1 Å². The van der Waals surface area contributed by atoms with Gasteiger partial charge >= 0.3 is 5.97 Å². The first-order chi connectivity index (χ1) is 18.8. The normalized spacial score (nSPS) is 25.6. The molecule has 4 amide bonds. The summed E-state index contributed by atoms with van der Waals surface area (Å²) >= 11 is 0. The molecule has 3 fully saturated rings. The second kappa shape index (κ2) is 13.1. The highest BCUT2D eigenvalue weighted by Crippen LogP contribution is 2.31. The van der Waals surface area contributed by atoms with E-state index in [1.807, 2.05) is 6.07 Å². The van der Waals surface area contributed by atoms with Gasteiger partial charge in [-0.05, 0) is 63.8 Å². The van der Waals surface area contributed by atoms with Gasteiger partial charge in [0, 0.05) is 24.6 Å². The molecule has 5 atom stereocenters. The van der Waals surface area contributed by atoms with Crippen LogP contribution in [0.5, 0.6) is 0 Å². The highest BCUT2D eigenvalue weighted by atomic mass is 16.5. The Kier molecular flexibility index (Phi) is 9.55. The van der Waals surface area contributed by atoms with Crippen LogP contribution in [0.1, 0.15) is 74.2 Å². The van der Waals surface area contributed by atoms with Crippen molar-refractivity contribution < 1.29 is 28.7 Å². The molecule has 11 nitrogen and oxygen atoms in total. The number of rotatable bonds is 9. The van der Waals surface area contributed by atoms with E-state index in [0.717, 1.165) is 31.2 Å². The first-order valence-corrected chi connectivity index (χ1v) is 13.9. The van der Waals surface area contributed by atoms with Gasteiger partial charge in [-0.2, -0.15) is 0 Å². The number of nitrogens with one attached hydrogen (secondary N) is 4. The standard InChI is InChI=1S/C28H39N5O6/c1-17(29-2)25(35)32-22-9-4-3-8-20-10-12-23(33(20)28(22)38)27(37)30-15-18-6-5-7-19(14-18)26(36)31-16-21-11-13-24(34)39-21/h5-7,14,17,20-23,29H,3-4,8-13,15-16H2,1-2H3,(H,30,37)(H,31,36)(H,32,35)/t17-,20?,21-,22?,23?/m0/s1. The van der Waals surface area contributed by atoms with Crippen molar-refractivity contribution in [2.75, 3.05) is 13.6 Å². The monoisotopic (exact) mass is 541 g/mol. The molecule has 11 heteroatoms. The van der Waals surface area contributed by atoms with Crippen molar-refractivity contribution in [1.82, 2.24) is 26.2 Å². The molecule has 0 radical (unpaired) electrons. The molecule has 3 saturated heterocycles. The van der Waals surface area contributed by atoms with Gasteiger partial charge in [0.05, 0.1) is 12.6 Å². The Morgan fingerprint density at radius 1 is 1.05 bits per heavy atom. The van der Waals surface area contributed by atoms with Gasteiger partial charge in [0.2, 0.25) is 17.7 Å². The maximum absolute atomic E-state index is 13.5. The molecule has 3 aliphatic rings. The molecule has 0 spiro atoms. The second-order valence-electron chi connectivity index (χ2n) is 10.6. The molecule has 1 aromatic rings. The van der Waals surface area contributed by atoms with Gasteiger partial charge in [-0.15, -0.1) is 0 Å². The summed E-state index contributed by atoms with van der Waals surface area (Å²) in [5, 5.41) is 11.5. The Bertz CT molecular complexity index is 1090. The number of amides is 4. The highest BCUT2D eigenvalue weighted by molar-refractivity contribution is 5.95. The van der Waals surface area contributed by atoms with Crippen LogP contribution in [0.15, 0.2) is 24.3 Å². The lowest BCUT2D eigenvalue weighted by molar-refractivity contribution is -0.144. The van der Waals surface area contributed by atoms with Crippen molar-refractivity contribution in [1.29, 1.82) is 0 Å². The van der Waals surface area contributed by atoms with Crippen LogP contribution < -0.4 is 21.3 Å². The largest absolute Gasteiger partial charge is 0.460 e. The van der Waals surface area contributed by atoms with Crippen molar-refractivity contribution in [3.05, 3.63) is 35.4 Å². The third-order valence-corrected chi connectivity index (χ3v) is 7.90. The number of fused-ring (bicyclic) bond motifs is 1. The van der Waals surface area contributed by atoms with E-state index in [-0.39, 0.29) is 54.8 Å². The Morgan fingerprint density at radius 3 is 2.59 bits per heavy atom. The third-order valence-electron chi connectivity index (χ3n) is 7.90. The zero-order valence-corrected chi connectivity index (χ0v) is 22.7. The number of ether oxygens (including phenoxy) is 1. The summed E-state index contributed by atoms with van der Waals surface area (Å²) in [6.07, 6.45) is 5.17. The molecule has 3 aliphatic heterocycles. The Labute approximate surface area is 228 Å². The number of esters is 1. The first-order valence-electron chi connectivity index (χ1n) is 13.9. The molecule has 4 N–H and O–H groups in total. The van der Waals surface area contributed by atoms with E-state index in [1.54, 1.807) is 37.1 Å². The van der Waals surface area contributed by atoms with Crippen LogP contribution in [0, 0.1) is 0 Å². The number of nitrogens with zero attached hydrogens (tertiary/aromatic N) is 1. The predicted octanol–water partition coefficient (Wildman–Crippen LogP) is 0.765. The van der Waals surface area contributed by atoms with E-state index < -0.39 is 18.1 Å². The number of likely N-dealkylation sites (N-methyl/N-ethyl adjacent to an activating group) is 1. The Balaban J connectivity index is 1.35. The van der Waals surface area contributed by atoms with Gasteiger partial charge in [0.25, 0.3) is 5.91 Å². The van der Waals surface area contributed by atoms with Crippen LogP contribution in [0.2, 0.25) is 0 Å². The molecular weight excluding hydrogens is 502 g/mol. The predicted molar refractivity (Wildman–Crippen MR) is 142 cm³/mol. The molecule has 4 rings (SSSR count). The van der Waals surface area contributed by atoms with E-state index in [2.05, 4.69) is 21.3 Å². The molecule has 0 aromatic heterocycles. The lowest BCUT2D eigenvalue weighted by Crippen LogP contribution is -2.57. The summed E-state index contributed by atoms with van der Waals surface area (Å²) in [6.45, 7) is 2.21. The zero-order valence-electron chi connectivity index (χ0n) is 22.7. The number of hydrogen-bond donors (Lipinski definition) is 4. The maximum atomic E-state index is 13.5. The third kappa shape index (κ3) is 7.14. The van der Waals surface area contributed by atoms with Crippen LogP contribution in [0.3, 0.4) is 0 Å². The fourth-order valence-electron chi connectivity index (χ4n) is 5.52. The van der Waals surface area contributed by atoms with E-state index in [9.17, 15) is 24.0 Å². The number of carbonyl (C=O) groups is 5. The van der Waals surface area contributed by atoms with Crippen molar-refractivity contribution >= 4 is 29.6 Å². The van der Waals surface area contributed by atoms with E-state index >= 15 is 0 Å². The average molecular weight is 542 g/mol. The number of carbonyl (C=O) groups excluding carboxylic acids is 5. The highest BCUT2D eigenvalue weighted by Gasteiger charge is 2.43. The summed E-state index contributed by atoms with van der Waals surface area (Å²) < 4.78 is 5.13. The minimum atomic E-state index is -0.646. The van der Waals surface area contributed by atoms with Crippen molar-refractivity contribution in [3.8, 4) is 0 Å². The topological polar surface area (TPSA) is 146 Å². The van der Waals surface area contributed by atoms with Crippen molar-refractivity contribution in [3.63, 3.8) is 0 Å². The van der Waals surface area contributed by atoms with E-state index in [1.165, 1.54) is 0 Å². The molecule has 212 valence electrons. The minimum Gasteiger partial charge on any atom is -0.460 e. The number of benzene rings is 1. The molecule has 1 aromatic carbocycles. The minimum absolute atomic E-state index is 0.0131. The molecule has 0 saturated carbocycles. The van der Waals surface area contributed by atoms with Crippen molar-refractivity contribution in [2.24, 2.45) is 0 Å². The molecule has 0 aliphatic carbocycles. The first kappa shape index (κ1) is 28.5. The summed E-state index contributed by atoms with van der Waals surface area (Å²) in [7, 11) is 1.69. The van der Waals surface area contributed by atoms with Gasteiger partial charge < -0.3 is 30.9 Å². The van der Waals surface area contributed by atoms with Gasteiger partial charge in [-0.3, -0.25) is 24.0 Å². The smallest absolute Gasteiger partial charge is 0.306 e. The van der Waals surface area contributed by atoms with Crippen LogP contribution >= 0.6 is 0 Å². The molecule has 3 unspecified atom stereocenters. The van der Waals surface area contributed by atoms with Gasteiger partial charge in [-0.1, -0.05) is 25.0 Å². The quantitative estimate of drug-likeness (QED) is 0.338. The lowest BCUT2D eigenvalue weighted by atomic mass is 9.98. The van der Waals surface area contributed by atoms with Crippen LogP contribution in [0.25, 0.3) is 0 Å². The second-order valence-corrected chi connectivity index (χ2v) is 10.6. The van der Waals surface area contributed by atoms with Gasteiger partial charge in [-0.25, -0.2) is 0 Å². The summed E-state index contributed by atoms with van der Waals surface area (Å²) in [5.74, 6) is -1.20. The summed E-state index contributed by atoms with van der Waals surface area (Å²) in [6, 6.07) is 5.29. The lowest BCUT2D eigenvalue weighted by Gasteiger charge is -2.35. The number of hydrogen-bond acceptors (Lipinski definition) is 7. The fourth-order valence-corrected chi connectivity index (χ4v) is 5.52. The average Bonchev–Trinajstić information content (AvgIpc) is 3.55. The molecular formula is C28H39N5O6. The fraction of sp³-hybridized carbons (Fsp3) is 0.607.